The Balaban J connectivity index is 2.51. The van der Waals surface area contributed by atoms with Gasteiger partial charge >= 0.3 is 0 Å². The van der Waals surface area contributed by atoms with Crippen LogP contribution in [-0.4, -0.2) is 62.2 Å². The molecule has 1 atom stereocenters. The second-order valence-electron chi connectivity index (χ2n) is 8.42. The Labute approximate surface area is 133 Å². The van der Waals surface area contributed by atoms with Gasteiger partial charge in [0.2, 0.25) is 0 Å². The van der Waals surface area contributed by atoms with Crippen LogP contribution in [0.4, 0.5) is 0 Å². The zero-order valence-corrected chi connectivity index (χ0v) is 15.6. The van der Waals surface area contributed by atoms with Gasteiger partial charge in [0, 0.05) is 31.7 Å². The van der Waals surface area contributed by atoms with E-state index in [4.69, 9.17) is 0 Å². The van der Waals surface area contributed by atoms with Crippen LogP contribution in [0.25, 0.3) is 0 Å². The maximum Gasteiger partial charge on any atom is 0.00967 e. The fourth-order valence-corrected chi connectivity index (χ4v) is 3.49. The van der Waals surface area contributed by atoms with E-state index in [0.29, 0.717) is 5.41 Å². The molecule has 0 bridgehead atoms. The molecular weight excluding hydrogens is 258 g/mol. The lowest BCUT2D eigenvalue weighted by Gasteiger charge is -2.39. The normalized spacial score (nSPS) is 21.4. The van der Waals surface area contributed by atoms with Crippen LogP contribution in [0.5, 0.6) is 0 Å². The van der Waals surface area contributed by atoms with Crippen LogP contribution in [0.2, 0.25) is 0 Å². The van der Waals surface area contributed by atoms with Gasteiger partial charge in [-0.3, -0.25) is 0 Å². The molecule has 1 N–H and O–H groups in total. The zero-order chi connectivity index (χ0) is 16.1. The highest BCUT2D eigenvalue weighted by atomic mass is 15.2. The molecule has 0 aliphatic carbocycles. The van der Waals surface area contributed by atoms with Crippen LogP contribution in [0.15, 0.2) is 0 Å². The second-order valence-corrected chi connectivity index (χ2v) is 8.42. The van der Waals surface area contributed by atoms with E-state index < -0.39 is 0 Å². The van der Waals surface area contributed by atoms with E-state index in [1.54, 1.807) is 0 Å². The standard InChI is InChI=1S/C18H39N3/c1-8-18(9-2,14-19-17(3,4)5)15-21(7)13-16-10-11-20(6)12-16/h16,19H,8-15H2,1-7H3. The molecule has 1 unspecified atom stereocenters. The highest BCUT2D eigenvalue weighted by Crippen LogP contribution is 2.28. The summed E-state index contributed by atoms with van der Waals surface area (Å²) >= 11 is 0. The van der Waals surface area contributed by atoms with Gasteiger partial charge in [0.05, 0.1) is 0 Å². The molecule has 1 heterocycles. The van der Waals surface area contributed by atoms with Crippen LogP contribution < -0.4 is 5.32 Å². The summed E-state index contributed by atoms with van der Waals surface area (Å²) in [5.41, 5.74) is 0.620. The molecule has 3 nitrogen and oxygen atoms in total. The predicted molar refractivity (Wildman–Crippen MR) is 93.9 cm³/mol. The molecule has 0 aromatic rings. The Morgan fingerprint density at radius 2 is 1.81 bits per heavy atom. The van der Waals surface area contributed by atoms with Crippen molar-refractivity contribution in [2.45, 2.75) is 59.4 Å². The van der Waals surface area contributed by atoms with Crippen molar-refractivity contribution < 1.29 is 0 Å². The lowest BCUT2D eigenvalue weighted by atomic mass is 9.81. The number of likely N-dealkylation sites (tertiary alicyclic amines) is 1. The van der Waals surface area contributed by atoms with Crippen molar-refractivity contribution in [3.63, 3.8) is 0 Å². The highest BCUT2D eigenvalue weighted by molar-refractivity contribution is 4.86. The van der Waals surface area contributed by atoms with Gasteiger partial charge in [-0.15, -0.1) is 0 Å². The largest absolute Gasteiger partial charge is 0.311 e. The quantitative estimate of drug-likeness (QED) is 0.743. The lowest BCUT2D eigenvalue weighted by Crippen LogP contribution is -2.48. The van der Waals surface area contributed by atoms with E-state index in [0.717, 1.165) is 12.5 Å². The molecule has 1 aliphatic rings. The number of hydrogen-bond donors (Lipinski definition) is 1. The van der Waals surface area contributed by atoms with Crippen molar-refractivity contribution in [1.82, 2.24) is 15.1 Å². The molecule has 0 aromatic heterocycles. The number of rotatable bonds is 8. The number of hydrogen-bond acceptors (Lipinski definition) is 3. The summed E-state index contributed by atoms with van der Waals surface area (Å²) in [5.74, 6) is 0.863. The summed E-state index contributed by atoms with van der Waals surface area (Å²) in [6.07, 6.45) is 3.87. The minimum absolute atomic E-state index is 0.211. The van der Waals surface area contributed by atoms with Crippen LogP contribution in [0.3, 0.4) is 0 Å². The third-order valence-electron chi connectivity index (χ3n) is 5.16. The van der Waals surface area contributed by atoms with E-state index in [1.165, 1.54) is 45.4 Å². The Hall–Kier alpha value is -0.120. The van der Waals surface area contributed by atoms with Gasteiger partial charge in [0.1, 0.15) is 0 Å². The first-order chi connectivity index (χ1) is 9.69. The smallest absolute Gasteiger partial charge is 0.00967 e. The third-order valence-corrected chi connectivity index (χ3v) is 5.16. The maximum atomic E-state index is 3.74. The Bertz CT molecular complexity index is 291. The molecule has 1 rings (SSSR count). The van der Waals surface area contributed by atoms with Crippen molar-refractivity contribution in [2.75, 3.05) is 46.8 Å². The summed E-state index contributed by atoms with van der Waals surface area (Å²) in [5, 5.41) is 3.74. The predicted octanol–water partition coefficient (Wildman–Crippen LogP) is 3.06. The average molecular weight is 298 g/mol. The van der Waals surface area contributed by atoms with Crippen LogP contribution >= 0.6 is 0 Å². The minimum atomic E-state index is 0.211. The molecule has 0 amide bonds. The summed E-state index contributed by atoms with van der Waals surface area (Å²) in [6, 6.07) is 0. The topological polar surface area (TPSA) is 18.5 Å². The van der Waals surface area contributed by atoms with Crippen LogP contribution in [-0.2, 0) is 0 Å². The first kappa shape index (κ1) is 18.9. The Morgan fingerprint density at radius 3 is 2.24 bits per heavy atom. The van der Waals surface area contributed by atoms with Crippen molar-refractivity contribution in [3.8, 4) is 0 Å². The van der Waals surface area contributed by atoms with Gasteiger partial charge < -0.3 is 15.1 Å². The maximum absolute atomic E-state index is 3.74. The summed E-state index contributed by atoms with van der Waals surface area (Å²) < 4.78 is 0. The SMILES string of the molecule is CCC(CC)(CNC(C)(C)C)CN(C)CC1CCN(C)C1. The second kappa shape index (κ2) is 7.94. The first-order valence-corrected chi connectivity index (χ1v) is 8.82. The molecule has 1 aliphatic heterocycles. The molecule has 126 valence electrons. The van der Waals surface area contributed by atoms with Gasteiger partial charge in [0.15, 0.2) is 0 Å². The van der Waals surface area contributed by atoms with E-state index in [1.807, 2.05) is 0 Å². The van der Waals surface area contributed by atoms with E-state index in [-0.39, 0.29) is 5.54 Å². The molecule has 1 saturated heterocycles. The molecule has 0 aromatic carbocycles. The third kappa shape index (κ3) is 6.66. The molecule has 21 heavy (non-hydrogen) atoms. The van der Waals surface area contributed by atoms with Crippen LogP contribution in [0, 0.1) is 11.3 Å². The molecule has 1 fully saturated rings. The van der Waals surface area contributed by atoms with E-state index in [9.17, 15) is 0 Å². The van der Waals surface area contributed by atoms with Gasteiger partial charge in [-0.05, 0) is 72.0 Å². The van der Waals surface area contributed by atoms with E-state index >= 15 is 0 Å². The number of nitrogens with one attached hydrogen (secondary N) is 1. The Morgan fingerprint density at radius 1 is 1.19 bits per heavy atom. The van der Waals surface area contributed by atoms with Gasteiger partial charge in [0.25, 0.3) is 0 Å². The van der Waals surface area contributed by atoms with Gasteiger partial charge in [-0.2, -0.15) is 0 Å². The summed E-state index contributed by atoms with van der Waals surface area (Å²) in [6.45, 7) is 17.6. The number of nitrogens with zero attached hydrogens (tertiary/aromatic N) is 2. The first-order valence-electron chi connectivity index (χ1n) is 8.82. The van der Waals surface area contributed by atoms with Crippen molar-refractivity contribution in [1.29, 1.82) is 0 Å². The fourth-order valence-electron chi connectivity index (χ4n) is 3.49. The Kier molecular flexibility index (Phi) is 7.15. The average Bonchev–Trinajstić information content (AvgIpc) is 2.79. The molecule has 3 heteroatoms. The molecule has 0 saturated carbocycles. The zero-order valence-electron chi connectivity index (χ0n) is 15.6. The van der Waals surface area contributed by atoms with Crippen molar-refractivity contribution in [3.05, 3.63) is 0 Å². The highest BCUT2D eigenvalue weighted by Gasteiger charge is 2.30. The summed E-state index contributed by atoms with van der Waals surface area (Å²) in [4.78, 5) is 5.05. The molecule has 0 radical (unpaired) electrons. The molecule has 0 spiro atoms. The van der Waals surface area contributed by atoms with Crippen LogP contribution in [0.1, 0.15) is 53.9 Å². The molecular formula is C18H39N3. The van der Waals surface area contributed by atoms with Gasteiger partial charge in [-0.25, -0.2) is 0 Å². The fraction of sp³-hybridized carbons (Fsp3) is 1.00. The van der Waals surface area contributed by atoms with Crippen molar-refractivity contribution >= 4 is 0 Å². The summed E-state index contributed by atoms with van der Waals surface area (Å²) in [7, 11) is 4.56. The lowest BCUT2D eigenvalue weighted by molar-refractivity contribution is 0.133. The van der Waals surface area contributed by atoms with Gasteiger partial charge in [-0.1, -0.05) is 13.8 Å². The van der Waals surface area contributed by atoms with Crippen molar-refractivity contribution in [2.24, 2.45) is 11.3 Å². The minimum Gasteiger partial charge on any atom is -0.311 e. The monoisotopic (exact) mass is 297 g/mol. The van der Waals surface area contributed by atoms with E-state index in [2.05, 4.69) is 63.8 Å².